The zero-order chi connectivity index (χ0) is 31.6. The van der Waals surface area contributed by atoms with E-state index in [9.17, 15) is 10.5 Å². The van der Waals surface area contributed by atoms with Crippen molar-refractivity contribution in [3.05, 3.63) is 144 Å². The second kappa shape index (κ2) is 10.2. The summed E-state index contributed by atoms with van der Waals surface area (Å²) >= 11 is 0. The number of aromatic nitrogens is 2. The van der Waals surface area contributed by atoms with Gasteiger partial charge in [0.05, 0.1) is 45.0 Å². The predicted molar refractivity (Wildman–Crippen MR) is 189 cm³/mol. The van der Waals surface area contributed by atoms with Crippen LogP contribution in [0.15, 0.2) is 127 Å². The summed E-state index contributed by atoms with van der Waals surface area (Å²) in [6.45, 7) is 6.26. The van der Waals surface area contributed by atoms with Crippen LogP contribution in [0.25, 0.3) is 66.1 Å². The van der Waals surface area contributed by atoms with Crippen LogP contribution in [0.2, 0.25) is 0 Å². The lowest BCUT2D eigenvalue weighted by atomic mass is 9.82. The molecule has 0 amide bonds. The fraction of sp³-hybridized carbons (Fsp3) is 0.0952. The highest BCUT2D eigenvalue weighted by molar-refractivity contribution is 6.17. The van der Waals surface area contributed by atoms with E-state index in [-0.39, 0.29) is 5.41 Å². The van der Waals surface area contributed by atoms with Crippen molar-refractivity contribution in [3.8, 4) is 34.6 Å². The number of hydrogen-bond donors (Lipinski definition) is 0. The number of nitriles is 2. The van der Waals surface area contributed by atoms with Crippen molar-refractivity contribution in [1.29, 1.82) is 10.5 Å². The van der Waals surface area contributed by atoms with E-state index in [1.165, 1.54) is 16.3 Å². The molecule has 0 N–H and O–H groups in total. The molecular weight excluding hydrogens is 560 g/mol. The highest BCUT2D eigenvalue weighted by atomic mass is 15.0. The zero-order valence-electron chi connectivity index (χ0n) is 25.9. The van der Waals surface area contributed by atoms with E-state index < -0.39 is 0 Å². The Morgan fingerprint density at radius 1 is 0.543 bits per heavy atom. The monoisotopic (exact) mass is 590 g/mol. The molecule has 0 aliphatic rings. The molecule has 0 saturated carbocycles. The highest BCUT2D eigenvalue weighted by Gasteiger charge is 2.25. The van der Waals surface area contributed by atoms with Crippen LogP contribution in [-0.4, -0.2) is 9.13 Å². The molecule has 4 nitrogen and oxygen atoms in total. The van der Waals surface area contributed by atoms with Gasteiger partial charge in [0.15, 0.2) is 0 Å². The lowest BCUT2D eigenvalue weighted by Crippen LogP contribution is -2.15. The van der Waals surface area contributed by atoms with Crippen molar-refractivity contribution >= 4 is 43.6 Å². The van der Waals surface area contributed by atoms with Gasteiger partial charge < -0.3 is 9.13 Å². The first-order valence-corrected chi connectivity index (χ1v) is 15.5. The Labute approximate surface area is 267 Å². The molecule has 8 aromatic rings. The van der Waals surface area contributed by atoms with Crippen molar-refractivity contribution in [2.75, 3.05) is 0 Å². The fourth-order valence-electron chi connectivity index (χ4n) is 7.09. The summed E-state index contributed by atoms with van der Waals surface area (Å²) in [6.07, 6.45) is 0. The molecule has 8 rings (SSSR count). The number of fused-ring (bicyclic) bond motifs is 6. The van der Waals surface area contributed by atoms with Gasteiger partial charge in [-0.25, -0.2) is 0 Å². The molecule has 2 heterocycles. The molecule has 0 spiro atoms. The Morgan fingerprint density at radius 3 is 1.91 bits per heavy atom. The van der Waals surface area contributed by atoms with Crippen molar-refractivity contribution in [2.45, 2.75) is 26.2 Å². The van der Waals surface area contributed by atoms with Gasteiger partial charge >= 0.3 is 0 Å². The summed E-state index contributed by atoms with van der Waals surface area (Å²) in [7, 11) is 0. The Hall–Kier alpha value is -6.10. The van der Waals surface area contributed by atoms with Gasteiger partial charge in [0, 0.05) is 27.2 Å². The number of rotatable bonds is 3. The molecular formula is C42H30N4. The van der Waals surface area contributed by atoms with E-state index in [0.29, 0.717) is 11.1 Å². The third-order valence-electron chi connectivity index (χ3n) is 9.10. The van der Waals surface area contributed by atoms with Crippen molar-refractivity contribution < 1.29 is 0 Å². The first kappa shape index (κ1) is 27.4. The van der Waals surface area contributed by atoms with E-state index in [1.54, 1.807) is 0 Å². The normalized spacial score (nSPS) is 11.8. The summed E-state index contributed by atoms with van der Waals surface area (Å²) < 4.78 is 4.50. The lowest BCUT2D eigenvalue weighted by molar-refractivity contribution is 0.588. The van der Waals surface area contributed by atoms with E-state index in [2.05, 4.69) is 145 Å². The zero-order valence-corrected chi connectivity index (χ0v) is 25.9. The largest absolute Gasteiger partial charge is 0.309 e. The molecule has 0 fully saturated rings. The quantitative estimate of drug-likeness (QED) is 0.205. The molecule has 46 heavy (non-hydrogen) atoms. The molecule has 2 aromatic heterocycles. The first-order chi connectivity index (χ1) is 22.4. The standard InChI is InChI=1S/C42H30N4/c1-42(2,3)35-22-27(25-43)23-40(34(35)26-44)46-37-18-10-8-15-32(37)41-30(16-11-19-39(41)46)28-20-21-38-33(24-28)31-14-7-9-17-36(31)45(38)29-12-5-4-6-13-29/h4-24H,1-3H3. The Balaban J connectivity index is 1.44. The van der Waals surface area contributed by atoms with Crippen LogP contribution in [-0.2, 0) is 5.41 Å². The maximum atomic E-state index is 10.5. The fourth-order valence-corrected chi connectivity index (χ4v) is 7.09. The van der Waals surface area contributed by atoms with Gasteiger partial charge in [0.1, 0.15) is 6.07 Å². The average molecular weight is 591 g/mol. The van der Waals surface area contributed by atoms with E-state index >= 15 is 0 Å². The minimum absolute atomic E-state index is 0.315. The number of benzene rings is 6. The first-order valence-electron chi connectivity index (χ1n) is 15.5. The van der Waals surface area contributed by atoms with Crippen LogP contribution < -0.4 is 0 Å². The Morgan fingerprint density at radius 2 is 1.20 bits per heavy atom. The maximum Gasteiger partial charge on any atom is 0.102 e. The molecule has 0 atom stereocenters. The van der Waals surface area contributed by atoms with Gasteiger partial charge in [-0.2, -0.15) is 10.5 Å². The summed E-state index contributed by atoms with van der Waals surface area (Å²) in [5, 5.41) is 25.2. The molecule has 0 saturated heterocycles. The third kappa shape index (κ3) is 4.05. The number of nitrogens with zero attached hydrogens (tertiary/aromatic N) is 4. The number of hydrogen-bond acceptors (Lipinski definition) is 2. The number of para-hydroxylation sites is 3. The van der Waals surface area contributed by atoms with Crippen molar-refractivity contribution in [1.82, 2.24) is 9.13 Å². The molecule has 6 aromatic carbocycles. The molecule has 218 valence electrons. The van der Waals surface area contributed by atoms with E-state index in [1.807, 2.05) is 24.3 Å². The minimum atomic E-state index is -0.315. The van der Waals surface area contributed by atoms with E-state index in [0.717, 1.165) is 55.4 Å². The van der Waals surface area contributed by atoms with Crippen LogP contribution in [0.3, 0.4) is 0 Å². The Bertz CT molecular complexity index is 2580. The van der Waals surface area contributed by atoms with Crippen molar-refractivity contribution in [2.24, 2.45) is 0 Å². The summed E-state index contributed by atoms with van der Waals surface area (Å²) in [5.41, 5.74) is 10.1. The van der Waals surface area contributed by atoms with Crippen LogP contribution >= 0.6 is 0 Å². The topological polar surface area (TPSA) is 57.4 Å². The second-order valence-electron chi connectivity index (χ2n) is 12.9. The van der Waals surface area contributed by atoms with Gasteiger partial charge in [-0.1, -0.05) is 93.6 Å². The molecule has 0 bridgehead atoms. The summed E-state index contributed by atoms with van der Waals surface area (Å²) in [5.74, 6) is 0. The SMILES string of the molecule is CC(C)(C)c1cc(C#N)cc(-n2c3ccccc3c3c(-c4ccc5c(c4)c4ccccc4n5-c4ccccc4)cccc32)c1C#N. The van der Waals surface area contributed by atoms with Crippen molar-refractivity contribution in [3.63, 3.8) is 0 Å². The highest BCUT2D eigenvalue weighted by Crippen LogP contribution is 2.42. The average Bonchev–Trinajstić information content (AvgIpc) is 3.60. The minimum Gasteiger partial charge on any atom is -0.309 e. The summed E-state index contributed by atoms with van der Waals surface area (Å²) in [6, 6.07) is 49.2. The molecule has 0 radical (unpaired) electrons. The van der Waals surface area contributed by atoms with Crippen LogP contribution in [0.4, 0.5) is 0 Å². The predicted octanol–water partition coefficient (Wildman–Crippen LogP) is 10.6. The molecule has 0 aliphatic carbocycles. The van der Waals surface area contributed by atoms with Gasteiger partial charge in [0.2, 0.25) is 0 Å². The molecule has 0 unspecified atom stereocenters. The maximum absolute atomic E-state index is 10.5. The Kier molecular flexibility index (Phi) is 6.11. The third-order valence-corrected chi connectivity index (χ3v) is 9.10. The van der Waals surface area contributed by atoms with Gasteiger partial charge in [-0.05, 0) is 76.7 Å². The second-order valence-corrected chi connectivity index (χ2v) is 12.9. The lowest BCUT2D eigenvalue weighted by Gasteiger charge is -2.23. The molecule has 4 heteroatoms. The van der Waals surface area contributed by atoms with Gasteiger partial charge in [-0.15, -0.1) is 0 Å². The van der Waals surface area contributed by atoms with Gasteiger partial charge in [-0.3, -0.25) is 0 Å². The summed E-state index contributed by atoms with van der Waals surface area (Å²) in [4.78, 5) is 0. The smallest absolute Gasteiger partial charge is 0.102 e. The molecule has 0 aliphatic heterocycles. The van der Waals surface area contributed by atoms with Crippen LogP contribution in [0, 0.1) is 22.7 Å². The van der Waals surface area contributed by atoms with E-state index in [4.69, 9.17) is 0 Å². The van der Waals surface area contributed by atoms with Crippen LogP contribution in [0.5, 0.6) is 0 Å². The van der Waals surface area contributed by atoms with Crippen LogP contribution in [0.1, 0.15) is 37.5 Å². The van der Waals surface area contributed by atoms with Gasteiger partial charge in [0.25, 0.3) is 0 Å².